The zero-order valence-electron chi connectivity index (χ0n) is 14.6. The smallest absolute Gasteiger partial charge is 0.241 e. The maximum Gasteiger partial charge on any atom is 0.241 e. The van der Waals surface area contributed by atoms with Crippen molar-refractivity contribution in [3.8, 4) is 0 Å². The van der Waals surface area contributed by atoms with Crippen molar-refractivity contribution in [3.05, 3.63) is 59.6 Å². The average molecular weight is 440 g/mol. The molecule has 28 heavy (non-hydrogen) atoms. The molecule has 0 aromatic heterocycles. The number of amides is 2. The van der Waals surface area contributed by atoms with Gasteiger partial charge in [0.2, 0.25) is 11.8 Å². The van der Waals surface area contributed by atoms with E-state index in [4.69, 9.17) is 11.6 Å². The number of halogens is 1. The number of rotatable bonds is 6. The Kier molecular flexibility index (Phi) is 6.61. The summed E-state index contributed by atoms with van der Waals surface area (Å²) in [5.41, 5.74) is 0.133. The van der Waals surface area contributed by atoms with Crippen LogP contribution in [-0.4, -0.2) is 43.3 Å². The van der Waals surface area contributed by atoms with Gasteiger partial charge in [-0.1, -0.05) is 29.8 Å². The van der Waals surface area contributed by atoms with E-state index in [9.17, 15) is 18.0 Å². The fourth-order valence-electron chi connectivity index (χ4n) is 2.60. The highest BCUT2D eigenvalue weighted by molar-refractivity contribution is 8.00. The van der Waals surface area contributed by atoms with Gasteiger partial charge in [-0.3, -0.25) is 14.9 Å². The minimum atomic E-state index is -3.85. The lowest BCUT2D eigenvalue weighted by Gasteiger charge is -2.29. The van der Waals surface area contributed by atoms with Gasteiger partial charge in [-0.2, -0.15) is 0 Å². The van der Waals surface area contributed by atoms with Crippen LogP contribution in [0.15, 0.2) is 59.5 Å². The van der Waals surface area contributed by atoms with E-state index in [-0.39, 0.29) is 23.1 Å². The number of sulfone groups is 1. The number of hydrogen-bond donors (Lipinski definition) is 3. The van der Waals surface area contributed by atoms with Crippen LogP contribution in [0.2, 0.25) is 5.02 Å². The van der Waals surface area contributed by atoms with Gasteiger partial charge in [0, 0.05) is 17.3 Å². The van der Waals surface area contributed by atoms with Gasteiger partial charge in [0.15, 0.2) is 15.1 Å². The Bertz CT molecular complexity index is 953. The lowest BCUT2D eigenvalue weighted by molar-refractivity contribution is -0.122. The molecule has 10 heteroatoms. The minimum absolute atomic E-state index is 0.0344. The van der Waals surface area contributed by atoms with Gasteiger partial charge in [0.1, 0.15) is 5.50 Å². The first-order valence-electron chi connectivity index (χ1n) is 8.36. The van der Waals surface area contributed by atoms with E-state index in [1.165, 1.54) is 36.0 Å². The Morgan fingerprint density at radius 1 is 1.14 bits per heavy atom. The van der Waals surface area contributed by atoms with Crippen molar-refractivity contribution in [1.29, 1.82) is 0 Å². The molecule has 3 rings (SSSR count). The molecule has 0 spiro atoms. The Hall–Kier alpha value is -2.07. The van der Waals surface area contributed by atoms with E-state index in [2.05, 4.69) is 16.0 Å². The number of hydrogen-bond acceptors (Lipinski definition) is 6. The molecule has 2 aromatic rings. The maximum absolute atomic E-state index is 12.7. The summed E-state index contributed by atoms with van der Waals surface area (Å²) in [6, 6.07) is 14.7. The van der Waals surface area contributed by atoms with Gasteiger partial charge < -0.3 is 10.6 Å². The molecule has 148 valence electrons. The number of carbonyl (C=O) groups excluding carboxylic acids is 2. The quantitative estimate of drug-likeness (QED) is 0.634. The number of carbonyl (C=O) groups is 2. The second-order valence-corrected chi connectivity index (χ2v) is 9.67. The number of nitrogens with one attached hydrogen (secondary N) is 3. The van der Waals surface area contributed by atoms with Crippen molar-refractivity contribution >= 4 is 50.7 Å². The lowest BCUT2D eigenvalue weighted by atomic mass is 10.3. The molecule has 1 saturated heterocycles. The van der Waals surface area contributed by atoms with E-state index >= 15 is 0 Å². The highest BCUT2D eigenvalue weighted by atomic mass is 35.5. The summed E-state index contributed by atoms with van der Waals surface area (Å²) < 4.78 is 25.3. The molecule has 0 aliphatic carbocycles. The van der Waals surface area contributed by atoms with Crippen molar-refractivity contribution < 1.29 is 18.0 Å². The van der Waals surface area contributed by atoms with E-state index in [0.29, 0.717) is 10.7 Å². The predicted molar refractivity (Wildman–Crippen MR) is 110 cm³/mol. The van der Waals surface area contributed by atoms with E-state index in [0.717, 1.165) is 0 Å². The first-order valence-corrected chi connectivity index (χ1v) is 11.3. The summed E-state index contributed by atoms with van der Waals surface area (Å²) in [5.74, 6) is -0.723. The second-order valence-electron chi connectivity index (χ2n) is 6.01. The molecule has 0 bridgehead atoms. The van der Waals surface area contributed by atoms with Crippen molar-refractivity contribution in [2.75, 3.05) is 17.6 Å². The Labute approximate surface area is 172 Å². The molecule has 1 fully saturated rings. The second kappa shape index (κ2) is 8.95. The summed E-state index contributed by atoms with van der Waals surface area (Å²) >= 11 is 6.96. The summed E-state index contributed by atoms with van der Waals surface area (Å²) in [5, 5.41) is 7.46. The third kappa shape index (κ3) is 5.05. The first kappa shape index (κ1) is 20.7. The zero-order valence-corrected chi connectivity index (χ0v) is 17.0. The molecule has 0 saturated carbocycles. The molecule has 3 N–H and O–H groups in total. The molecule has 2 amide bonds. The lowest BCUT2D eigenvalue weighted by Crippen LogP contribution is -2.59. The molecule has 2 unspecified atom stereocenters. The summed E-state index contributed by atoms with van der Waals surface area (Å²) in [4.78, 5) is 24.4. The van der Waals surface area contributed by atoms with Crippen LogP contribution in [0.1, 0.15) is 0 Å². The van der Waals surface area contributed by atoms with Crippen LogP contribution >= 0.6 is 23.4 Å². The van der Waals surface area contributed by atoms with Gasteiger partial charge >= 0.3 is 0 Å². The van der Waals surface area contributed by atoms with Crippen molar-refractivity contribution in [2.45, 2.75) is 15.6 Å². The third-order valence-electron chi connectivity index (χ3n) is 4.01. The topological polar surface area (TPSA) is 104 Å². The van der Waals surface area contributed by atoms with Crippen molar-refractivity contribution in [2.24, 2.45) is 0 Å². The highest BCUT2D eigenvalue weighted by Crippen LogP contribution is 2.21. The van der Waals surface area contributed by atoms with Crippen LogP contribution in [0.5, 0.6) is 0 Å². The third-order valence-corrected chi connectivity index (χ3v) is 7.37. The first-order chi connectivity index (χ1) is 13.4. The maximum atomic E-state index is 12.7. The highest BCUT2D eigenvalue weighted by Gasteiger charge is 2.38. The fraction of sp³-hybridized carbons (Fsp3) is 0.222. The van der Waals surface area contributed by atoms with Crippen LogP contribution in [-0.2, 0) is 19.4 Å². The van der Waals surface area contributed by atoms with Crippen molar-refractivity contribution in [3.63, 3.8) is 0 Å². The van der Waals surface area contributed by atoms with E-state index in [1.807, 2.05) is 18.2 Å². The van der Waals surface area contributed by atoms with Crippen molar-refractivity contribution in [1.82, 2.24) is 10.6 Å². The molecular formula is C18H18ClN3O4S2. The molecule has 7 nitrogen and oxygen atoms in total. The largest absolute Gasteiger partial charge is 0.331 e. The number of anilines is 1. The monoisotopic (exact) mass is 439 g/mol. The van der Waals surface area contributed by atoms with Gasteiger partial charge in [-0.05, 0) is 36.4 Å². The molecular weight excluding hydrogens is 422 g/mol. The number of benzene rings is 2. The molecule has 2 aromatic carbocycles. The standard InChI is InChI=1S/C18H18ClN3O4S2/c19-12-6-8-14(9-7-12)28(25,26)15-10-20-18(22-17(15)24)27-11-16(23)21-13-4-2-1-3-5-13/h1-9,15,18,20H,10-11H2,(H,21,23)(H,22,24). The van der Waals surface area contributed by atoms with E-state index in [1.54, 1.807) is 12.1 Å². The Morgan fingerprint density at radius 2 is 1.82 bits per heavy atom. The van der Waals surface area contributed by atoms with Gasteiger partial charge in [0.25, 0.3) is 0 Å². The van der Waals surface area contributed by atoms with E-state index < -0.39 is 26.5 Å². The molecule has 0 radical (unpaired) electrons. The normalized spacial score (nSPS) is 19.7. The average Bonchev–Trinajstić information content (AvgIpc) is 2.67. The summed E-state index contributed by atoms with van der Waals surface area (Å²) in [6.07, 6.45) is 0. The van der Waals surface area contributed by atoms with Crippen LogP contribution in [0, 0.1) is 0 Å². The van der Waals surface area contributed by atoms with Gasteiger partial charge in [0.05, 0.1) is 10.6 Å². The van der Waals surface area contributed by atoms with Crippen LogP contribution in [0.4, 0.5) is 5.69 Å². The molecule has 1 aliphatic rings. The predicted octanol–water partition coefficient (Wildman–Crippen LogP) is 1.86. The Balaban J connectivity index is 1.54. The van der Waals surface area contributed by atoms with Crippen LogP contribution < -0.4 is 16.0 Å². The van der Waals surface area contributed by atoms with Crippen LogP contribution in [0.3, 0.4) is 0 Å². The molecule has 2 atom stereocenters. The fourth-order valence-corrected chi connectivity index (χ4v) is 5.04. The minimum Gasteiger partial charge on any atom is -0.331 e. The molecule has 1 heterocycles. The summed E-state index contributed by atoms with van der Waals surface area (Å²) in [7, 11) is -3.85. The number of thioether (sulfide) groups is 1. The zero-order chi connectivity index (χ0) is 20.1. The summed E-state index contributed by atoms with van der Waals surface area (Å²) in [6.45, 7) is -0.0469. The van der Waals surface area contributed by atoms with Gasteiger partial charge in [-0.15, -0.1) is 11.8 Å². The van der Waals surface area contributed by atoms with Crippen LogP contribution in [0.25, 0.3) is 0 Å². The van der Waals surface area contributed by atoms with Gasteiger partial charge in [-0.25, -0.2) is 8.42 Å². The molecule has 1 aliphatic heterocycles. The SMILES string of the molecule is O=C(CSC1NCC(S(=O)(=O)c2ccc(Cl)cc2)C(=O)N1)Nc1ccccc1. The Morgan fingerprint density at radius 3 is 2.46 bits per heavy atom. The number of para-hydroxylation sites is 1.